The summed E-state index contributed by atoms with van der Waals surface area (Å²) < 4.78 is 89.0. The Kier molecular flexibility index (Phi) is 4.59. The van der Waals surface area contributed by atoms with E-state index in [4.69, 9.17) is 0 Å². The summed E-state index contributed by atoms with van der Waals surface area (Å²) >= 11 is 0. The molecular formula is C14H12F7NO. The first-order valence-corrected chi connectivity index (χ1v) is 6.61. The predicted octanol–water partition coefficient (Wildman–Crippen LogP) is 3.54. The van der Waals surface area contributed by atoms with Crippen LogP contribution in [0.15, 0.2) is 18.2 Å². The van der Waals surface area contributed by atoms with Crippen molar-refractivity contribution in [3.8, 4) is 0 Å². The molecule has 0 bridgehead atoms. The fourth-order valence-electron chi connectivity index (χ4n) is 2.08. The summed E-state index contributed by atoms with van der Waals surface area (Å²) in [5, 5.41) is 2.14. The lowest BCUT2D eigenvalue weighted by molar-refractivity contribution is -0.127. The lowest BCUT2D eigenvalue weighted by Gasteiger charge is -2.16. The highest BCUT2D eigenvalue weighted by Crippen LogP contribution is 2.48. The number of hydrogen-bond acceptors (Lipinski definition) is 1. The highest BCUT2D eigenvalue weighted by atomic mass is 19.3. The number of benzene rings is 1. The molecule has 1 aliphatic carbocycles. The zero-order valence-electron chi connectivity index (χ0n) is 11.6. The maximum atomic E-state index is 13.4. The van der Waals surface area contributed by atoms with Gasteiger partial charge in [0.1, 0.15) is 11.7 Å². The highest BCUT2D eigenvalue weighted by molar-refractivity contribution is 5.82. The number of rotatable bonds is 6. The first-order valence-electron chi connectivity index (χ1n) is 6.61. The first kappa shape index (κ1) is 17.6. The fourth-order valence-corrected chi connectivity index (χ4v) is 2.08. The second-order valence-corrected chi connectivity index (χ2v) is 5.44. The Labute approximate surface area is 126 Å². The molecule has 0 radical (unpaired) electrons. The average Bonchev–Trinajstić information content (AvgIpc) is 3.04. The minimum atomic E-state index is -4.32. The molecule has 2 rings (SSSR count). The zero-order chi connectivity index (χ0) is 17.4. The number of hydrogen-bond donors (Lipinski definition) is 1. The van der Waals surface area contributed by atoms with Crippen LogP contribution in [0, 0.1) is 11.7 Å². The Bertz CT molecular complexity index is 603. The fraction of sp³-hybridized carbons (Fsp3) is 0.500. The Balaban J connectivity index is 2.01. The molecule has 1 fully saturated rings. The molecule has 128 valence electrons. The van der Waals surface area contributed by atoms with E-state index in [0.717, 1.165) is 12.1 Å². The molecular weight excluding hydrogens is 331 g/mol. The SMILES string of the molecule is O=C(NCc1cc(F)cc(CC(F)(F)C(F)F)c1)C1CC1(F)F. The van der Waals surface area contributed by atoms with Crippen LogP contribution in [0.3, 0.4) is 0 Å². The normalized spacial score (nSPS) is 19.7. The maximum Gasteiger partial charge on any atom is 0.311 e. The molecule has 1 atom stereocenters. The van der Waals surface area contributed by atoms with Gasteiger partial charge in [0, 0.05) is 19.4 Å². The van der Waals surface area contributed by atoms with E-state index in [1.165, 1.54) is 0 Å². The van der Waals surface area contributed by atoms with Crippen LogP contribution in [0.25, 0.3) is 0 Å². The van der Waals surface area contributed by atoms with Crippen LogP contribution in [0.5, 0.6) is 0 Å². The van der Waals surface area contributed by atoms with Gasteiger partial charge in [-0.15, -0.1) is 0 Å². The summed E-state index contributed by atoms with van der Waals surface area (Å²) in [7, 11) is 0. The van der Waals surface area contributed by atoms with E-state index >= 15 is 0 Å². The van der Waals surface area contributed by atoms with E-state index in [0.29, 0.717) is 6.07 Å². The van der Waals surface area contributed by atoms with Crippen molar-refractivity contribution in [3.63, 3.8) is 0 Å². The van der Waals surface area contributed by atoms with Crippen LogP contribution in [0.2, 0.25) is 0 Å². The summed E-state index contributed by atoms with van der Waals surface area (Å²) in [6.45, 7) is -0.365. The lowest BCUT2D eigenvalue weighted by Crippen LogP contribution is -2.29. The first-order chi connectivity index (χ1) is 10.5. The molecule has 0 heterocycles. The third-order valence-electron chi connectivity index (χ3n) is 3.39. The van der Waals surface area contributed by atoms with Crippen molar-refractivity contribution in [1.29, 1.82) is 0 Å². The van der Waals surface area contributed by atoms with Crippen molar-refractivity contribution in [1.82, 2.24) is 5.32 Å². The smallest absolute Gasteiger partial charge is 0.311 e. The third-order valence-corrected chi connectivity index (χ3v) is 3.39. The molecule has 1 unspecified atom stereocenters. The summed E-state index contributed by atoms with van der Waals surface area (Å²) in [5.74, 6) is -10.7. The molecule has 23 heavy (non-hydrogen) atoms. The quantitative estimate of drug-likeness (QED) is 0.787. The number of nitrogens with one attached hydrogen (secondary N) is 1. The Morgan fingerprint density at radius 3 is 2.35 bits per heavy atom. The molecule has 1 aliphatic rings. The highest BCUT2D eigenvalue weighted by Gasteiger charge is 2.61. The van der Waals surface area contributed by atoms with Crippen molar-refractivity contribution in [2.24, 2.45) is 5.92 Å². The van der Waals surface area contributed by atoms with Gasteiger partial charge in [0.25, 0.3) is 5.92 Å². The van der Waals surface area contributed by atoms with E-state index in [1.807, 2.05) is 0 Å². The average molecular weight is 343 g/mol. The minimum absolute atomic E-state index is 0.0161. The van der Waals surface area contributed by atoms with Crippen molar-refractivity contribution in [2.75, 3.05) is 0 Å². The van der Waals surface area contributed by atoms with Gasteiger partial charge in [-0.2, -0.15) is 8.78 Å². The minimum Gasteiger partial charge on any atom is -0.352 e. The van der Waals surface area contributed by atoms with Gasteiger partial charge in [0.05, 0.1) is 0 Å². The van der Waals surface area contributed by atoms with Crippen LogP contribution < -0.4 is 5.32 Å². The summed E-state index contributed by atoms with van der Waals surface area (Å²) in [6.07, 6.45) is -5.84. The van der Waals surface area contributed by atoms with E-state index in [-0.39, 0.29) is 17.7 Å². The number of amides is 1. The molecule has 1 N–H and O–H groups in total. The van der Waals surface area contributed by atoms with Crippen LogP contribution in [-0.2, 0) is 17.8 Å². The van der Waals surface area contributed by atoms with Crippen LogP contribution >= 0.6 is 0 Å². The van der Waals surface area contributed by atoms with Crippen molar-refractivity contribution in [3.05, 3.63) is 35.1 Å². The molecule has 0 aliphatic heterocycles. The summed E-state index contributed by atoms with van der Waals surface area (Å²) in [4.78, 5) is 11.4. The maximum absolute atomic E-state index is 13.4. The molecule has 0 saturated heterocycles. The van der Waals surface area contributed by atoms with Gasteiger partial charge in [0.15, 0.2) is 0 Å². The number of halogens is 7. The molecule has 0 spiro atoms. The van der Waals surface area contributed by atoms with Crippen LogP contribution in [0.4, 0.5) is 30.7 Å². The number of carbonyl (C=O) groups is 1. The third kappa shape index (κ3) is 4.35. The van der Waals surface area contributed by atoms with E-state index in [9.17, 15) is 35.5 Å². The van der Waals surface area contributed by atoms with Crippen LogP contribution in [-0.4, -0.2) is 24.2 Å². The van der Waals surface area contributed by atoms with Gasteiger partial charge in [-0.3, -0.25) is 4.79 Å². The molecule has 2 nitrogen and oxygen atoms in total. The summed E-state index contributed by atoms with van der Waals surface area (Å²) in [6, 6.07) is 2.59. The van der Waals surface area contributed by atoms with Crippen molar-refractivity contribution in [2.45, 2.75) is 37.7 Å². The van der Waals surface area contributed by atoms with Crippen molar-refractivity contribution >= 4 is 5.91 Å². The van der Waals surface area contributed by atoms with E-state index in [2.05, 4.69) is 5.32 Å². The number of alkyl halides is 6. The number of carbonyl (C=O) groups excluding carboxylic acids is 1. The van der Waals surface area contributed by atoms with Gasteiger partial charge in [-0.1, -0.05) is 6.07 Å². The van der Waals surface area contributed by atoms with E-state index < -0.39 is 48.8 Å². The molecule has 9 heteroatoms. The zero-order valence-corrected chi connectivity index (χ0v) is 11.6. The largest absolute Gasteiger partial charge is 0.352 e. The molecule has 1 amide bonds. The molecule has 1 aromatic carbocycles. The van der Waals surface area contributed by atoms with Gasteiger partial charge in [-0.25, -0.2) is 22.0 Å². The van der Waals surface area contributed by atoms with Gasteiger partial charge >= 0.3 is 12.3 Å². The molecule has 1 saturated carbocycles. The van der Waals surface area contributed by atoms with Gasteiger partial charge in [0.2, 0.25) is 5.91 Å². The monoisotopic (exact) mass is 343 g/mol. The van der Waals surface area contributed by atoms with E-state index in [1.54, 1.807) is 0 Å². The summed E-state index contributed by atoms with van der Waals surface area (Å²) in [5.41, 5.74) is -0.362. The Morgan fingerprint density at radius 1 is 1.26 bits per heavy atom. The van der Waals surface area contributed by atoms with Crippen molar-refractivity contribution < 1.29 is 35.5 Å². The lowest BCUT2D eigenvalue weighted by atomic mass is 10.0. The predicted molar refractivity (Wildman–Crippen MR) is 66.0 cm³/mol. The molecule has 1 aromatic rings. The Hall–Kier alpha value is -1.80. The van der Waals surface area contributed by atoms with Gasteiger partial charge < -0.3 is 5.32 Å². The standard InChI is InChI=1S/C14H12F7NO/c15-9-2-7(4-14(20,21)12(16)17)1-8(3-9)6-22-11(23)10-5-13(10,18)19/h1-3,10,12H,4-6H2,(H,22,23). The second kappa shape index (κ2) is 6.01. The second-order valence-electron chi connectivity index (χ2n) is 5.44. The topological polar surface area (TPSA) is 29.1 Å². The molecule has 0 aromatic heterocycles. The van der Waals surface area contributed by atoms with Gasteiger partial charge in [-0.05, 0) is 23.3 Å². The van der Waals surface area contributed by atoms with Crippen LogP contribution in [0.1, 0.15) is 17.5 Å². The Morgan fingerprint density at radius 2 is 1.83 bits per heavy atom.